The van der Waals surface area contributed by atoms with Gasteiger partial charge in [0, 0.05) is 31.0 Å². The van der Waals surface area contributed by atoms with Gasteiger partial charge in [-0.05, 0) is 61.6 Å². The van der Waals surface area contributed by atoms with E-state index in [-0.39, 0.29) is 48.4 Å². The zero-order valence-corrected chi connectivity index (χ0v) is 28.7. The smallest absolute Gasteiger partial charge is 0.274 e. The molecule has 0 spiro atoms. The van der Waals surface area contributed by atoms with Crippen molar-refractivity contribution in [1.29, 1.82) is 0 Å². The molecule has 0 radical (unpaired) electrons. The van der Waals surface area contributed by atoms with Crippen LogP contribution in [0.2, 0.25) is 0 Å². The van der Waals surface area contributed by atoms with Crippen LogP contribution in [-0.2, 0) is 27.3 Å². The zero-order chi connectivity index (χ0) is 35.2. The lowest BCUT2D eigenvalue weighted by atomic mass is 9.93. The van der Waals surface area contributed by atoms with Crippen molar-refractivity contribution in [3.05, 3.63) is 76.6 Å². The van der Waals surface area contributed by atoms with E-state index in [0.29, 0.717) is 36.6 Å². The molecule has 12 nitrogen and oxygen atoms in total. The topological polar surface area (TPSA) is 154 Å². The number of aliphatic hydroxyl groups excluding tert-OH is 1. The van der Waals surface area contributed by atoms with Crippen molar-refractivity contribution >= 4 is 35.1 Å². The Balaban J connectivity index is 1.52. The molecular formula is C37H46N6O6. The van der Waals surface area contributed by atoms with Crippen molar-refractivity contribution in [3.63, 3.8) is 0 Å². The molecule has 0 saturated carbocycles. The average molecular weight is 671 g/mol. The maximum atomic E-state index is 14.5. The minimum atomic E-state index is -0.927. The van der Waals surface area contributed by atoms with Crippen molar-refractivity contribution in [2.24, 2.45) is 5.92 Å². The van der Waals surface area contributed by atoms with Gasteiger partial charge in [0.25, 0.3) is 11.8 Å². The highest BCUT2D eigenvalue weighted by atomic mass is 16.3. The molecule has 3 aromatic rings. The number of amides is 4. The normalized spacial score (nSPS) is 17.8. The molecule has 4 amide bonds. The largest absolute Gasteiger partial charge is 0.394 e. The SMILES string of the molecule is CCCCN(CCCC)C(=O)c1cc(C)n(-c2ccc(NC(=O)C(C)C3NC(=O)CC3=O)cc2C(=O)N2Cc3ccccc3C[C@H]2CO)n1. The Hall–Kier alpha value is -4.84. The molecule has 49 heavy (non-hydrogen) atoms. The summed E-state index contributed by atoms with van der Waals surface area (Å²) >= 11 is 0. The van der Waals surface area contributed by atoms with Crippen LogP contribution in [0.1, 0.15) is 90.5 Å². The number of ketones is 1. The van der Waals surface area contributed by atoms with Gasteiger partial charge in [-0.2, -0.15) is 5.10 Å². The number of hydrogen-bond acceptors (Lipinski definition) is 7. The van der Waals surface area contributed by atoms with Crippen LogP contribution < -0.4 is 10.6 Å². The molecule has 0 aliphatic carbocycles. The number of benzene rings is 2. The van der Waals surface area contributed by atoms with Gasteiger partial charge < -0.3 is 25.5 Å². The molecule has 0 bridgehead atoms. The fourth-order valence-electron chi connectivity index (χ4n) is 6.49. The van der Waals surface area contributed by atoms with Crippen molar-refractivity contribution in [2.45, 2.75) is 84.8 Å². The molecule has 260 valence electrons. The molecule has 1 saturated heterocycles. The van der Waals surface area contributed by atoms with Gasteiger partial charge in [0.05, 0.1) is 42.3 Å². The third-order valence-electron chi connectivity index (χ3n) is 9.42. The number of nitrogens with zero attached hydrogens (tertiary/aromatic N) is 4. The molecule has 2 aliphatic rings. The van der Waals surface area contributed by atoms with Crippen LogP contribution in [0.15, 0.2) is 48.5 Å². The van der Waals surface area contributed by atoms with Gasteiger partial charge in [-0.1, -0.05) is 57.9 Å². The number of anilines is 1. The number of aryl methyl sites for hydroxylation is 1. The van der Waals surface area contributed by atoms with Crippen LogP contribution in [0.4, 0.5) is 5.69 Å². The Bertz CT molecular complexity index is 1730. The van der Waals surface area contributed by atoms with E-state index in [1.807, 2.05) is 36.1 Å². The van der Waals surface area contributed by atoms with Gasteiger partial charge in [-0.15, -0.1) is 0 Å². The molecule has 12 heteroatoms. The summed E-state index contributed by atoms with van der Waals surface area (Å²) in [6, 6.07) is 13.0. The third kappa shape index (κ3) is 7.75. The first-order valence-corrected chi connectivity index (χ1v) is 17.2. The average Bonchev–Trinajstić information content (AvgIpc) is 3.66. The number of Topliss-reactive ketones (excluding diaryl/α,β-unsaturated/α-hetero) is 1. The summed E-state index contributed by atoms with van der Waals surface area (Å²) in [4.78, 5) is 69.0. The lowest BCUT2D eigenvalue weighted by molar-refractivity contribution is -0.126. The summed E-state index contributed by atoms with van der Waals surface area (Å²) in [5.41, 5.74) is 3.90. The van der Waals surface area contributed by atoms with E-state index in [0.717, 1.165) is 36.8 Å². The first-order chi connectivity index (χ1) is 23.6. The number of carbonyl (C=O) groups excluding carboxylic acids is 5. The Morgan fingerprint density at radius 3 is 2.37 bits per heavy atom. The van der Waals surface area contributed by atoms with Gasteiger partial charge in [0.2, 0.25) is 11.8 Å². The lowest BCUT2D eigenvalue weighted by Crippen LogP contribution is -2.46. The van der Waals surface area contributed by atoms with Gasteiger partial charge in [0.1, 0.15) is 0 Å². The van der Waals surface area contributed by atoms with Gasteiger partial charge in [-0.25, -0.2) is 4.68 Å². The first-order valence-electron chi connectivity index (χ1n) is 17.2. The first kappa shape index (κ1) is 35.5. The second kappa shape index (κ2) is 15.6. The van der Waals surface area contributed by atoms with Crippen molar-refractivity contribution in [2.75, 3.05) is 25.0 Å². The molecule has 3 heterocycles. The van der Waals surface area contributed by atoms with E-state index >= 15 is 0 Å². The number of carbonyl (C=O) groups is 5. The number of nitrogens with one attached hydrogen (secondary N) is 2. The van der Waals surface area contributed by atoms with Crippen LogP contribution in [0.3, 0.4) is 0 Å². The van der Waals surface area contributed by atoms with Crippen LogP contribution in [0.5, 0.6) is 0 Å². The fraction of sp³-hybridized carbons (Fsp3) is 0.459. The molecule has 1 fully saturated rings. The minimum absolute atomic E-state index is 0.170. The summed E-state index contributed by atoms with van der Waals surface area (Å²) in [6.07, 6.45) is 3.89. The summed E-state index contributed by atoms with van der Waals surface area (Å²) in [6.45, 7) is 8.86. The Morgan fingerprint density at radius 2 is 1.73 bits per heavy atom. The number of aromatic nitrogens is 2. The number of rotatable bonds is 13. The Labute approximate surface area is 286 Å². The second-order valence-corrected chi connectivity index (χ2v) is 13.0. The minimum Gasteiger partial charge on any atom is -0.394 e. The monoisotopic (exact) mass is 670 g/mol. The molecule has 1 aromatic heterocycles. The van der Waals surface area contributed by atoms with Crippen LogP contribution in [0, 0.1) is 12.8 Å². The highest BCUT2D eigenvalue weighted by Gasteiger charge is 2.38. The van der Waals surface area contributed by atoms with Crippen molar-refractivity contribution in [1.82, 2.24) is 24.9 Å². The molecule has 3 N–H and O–H groups in total. The number of hydrogen-bond donors (Lipinski definition) is 3. The van der Waals surface area contributed by atoms with Gasteiger partial charge >= 0.3 is 0 Å². The summed E-state index contributed by atoms with van der Waals surface area (Å²) in [7, 11) is 0. The number of aliphatic hydroxyl groups is 1. The van der Waals surface area contributed by atoms with E-state index in [1.54, 1.807) is 40.8 Å². The molecule has 3 atom stereocenters. The van der Waals surface area contributed by atoms with Crippen molar-refractivity contribution in [3.8, 4) is 5.69 Å². The Kier molecular flexibility index (Phi) is 11.3. The van der Waals surface area contributed by atoms with Crippen LogP contribution >= 0.6 is 0 Å². The summed E-state index contributed by atoms with van der Waals surface area (Å²) < 4.78 is 1.57. The van der Waals surface area contributed by atoms with Gasteiger partial charge in [0.15, 0.2) is 11.5 Å². The molecule has 2 aliphatic heterocycles. The standard InChI is InChI=1S/C37H46N6O6/c1-5-7-15-41(16-8-6-2)37(49)30-17-23(3)43(40-30)31-14-13-27(38-35(47)24(4)34-32(45)20-33(46)39-34)19-29(31)36(48)42-21-26-12-10-9-11-25(26)18-28(42)22-44/h9-14,17,19,24,28,34,44H,5-8,15-16,18,20-22H2,1-4H3,(H,38,47)(H,39,46)/t24?,28-,34?/m0/s1. The lowest BCUT2D eigenvalue weighted by Gasteiger charge is -2.36. The predicted octanol–water partition coefficient (Wildman–Crippen LogP) is 3.81. The van der Waals surface area contributed by atoms with Crippen LogP contribution in [-0.4, -0.2) is 85.9 Å². The number of unbranched alkanes of at least 4 members (excludes halogenated alkanes) is 2. The highest BCUT2D eigenvalue weighted by molar-refractivity contribution is 6.10. The Morgan fingerprint density at radius 1 is 1.04 bits per heavy atom. The molecule has 2 unspecified atom stereocenters. The molecule has 2 aromatic carbocycles. The number of fused-ring (bicyclic) bond motifs is 1. The second-order valence-electron chi connectivity index (χ2n) is 13.0. The maximum Gasteiger partial charge on any atom is 0.274 e. The molecular weight excluding hydrogens is 624 g/mol. The zero-order valence-electron chi connectivity index (χ0n) is 28.7. The van der Waals surface area contributed by atoms with E-state index in [9.17, 15) is 29.1 Å². The van der Waals surface area contributed by atoms with Crippen molar-refractivity contribution < 1.29 is 29.1 Å². The fourth-order valence-corrected chi connectivity index (χ4v) is 6.49. The quantitative estimate of drug-likeness (QED) is 0.234. The predicted molar refractivity (Wildman–Crippen MR) is 184 cm³/mol. The maximum absolute atomic E-state index is 14.5. The van der Waals surface area contributed by atoms with E-state index < -0.39 is 29.8 Å². The van der Waals surface area contributed by atoms with Gasteiger partial charge in [-0.3, -0.25) is 24.0 Å². The van der Waals surface area contributed by atoms with E-state index in [2.05, 4.69) is 24.5 Å². The summed E-state index contributed by atoms with van der Waals surface area (Å²) in [5, 5.41) is 20.4. The van der Waals surface area contributed by atoms with E-state index in [4.69, 9.17) is 5.10 Å². The van der Waals surface area contributed by atoms with Crippen LogP contribution in [0.25, 0.3) is 5.69 Å². The molecule has 5 rings (SSSR count). The summed E-state index contributed by atoms with van der Waals surface area (Å²) in [5.74, 6) is -2.64. The highest BCUT2D eigenvalue weighted by Crippen LogP contribution is 2.29. The van der Waals surface area contributed by atoms with E-state index in [1.165, 1.54) is 0 Å². The third-order valence-corrected chi connectivity index (χ3v) is 9.42.